The molecule has 0 spiro atoms. The molecule has 0 saturated carbocycles. The van der Waals surface area contributed by atoms with Gasteiger partial charge in [-0.05, 0) is 122 Å². The third-order valence-corrected chi connectivity index (χ3v) is 32.3. The van der Waals surface area contributed by atoms with Gasteiger partial charge in [0, 0.05) is 17.7 Å². The van der Waals surface area contributed by atoms with Crippen LogP contribution in [0.1, 0.15) is 41.5 Å². The molecule has 0 aliphatic rings. The van der Waals surface area contributed by atoms with E-state index in [1.165, 1.54) is 81.4 Å². The van der Waals surface area contributed by atoms with E-state index in [1.807, 2.05) is 41.5 Å². The van der Waals surface area contributed by atoms with Crippen LogP contribution in [-0.4, -0.2) is 17.7 Å². The van der Waals surface area contributed by atoms with E-state index in [2.05, 4.69) is 376 Å². The van der Waals surface area contributed by atoms with Crippen LogP contribution < -0.4 is 63.7 Å². The molecular formula is C87H84Cu3F6P7. The van der Waals surface area contributed by atoms with E-state index in [0.29, 0.717) is 0 Å². The van der Waals surface area contributed by atoms with Gasteiger partial charge in [-0.15, -0.1) is 0 Å². The predicted octanol–water partition coefficient (Wildman–Crippen LogP) is 22.2. The molecule has 0 saturated heterocycles. The molecule has 0 heterocycles. The average Bonchev–Trinajstić information content (AvgIpc) is 0.785. The summed E-state index contributed by atoms with van der Waals surface area (Å²) in [6.07, 6.45) is 13.2. The van der Waals surface area contributed by atoms with Gasteiger partial charge in [0.15, 0.2) is 0 Å². The Bertz CT molecular complexity index is 3400. The maximum atomic E-state index is 9.87. The van der Waals surface area contributed by atoms with E-state index in [1.54, 1.807) is 0 Å². The van der Waals surface area contributed by atoms with Gasteiger partial charge in [0.05, 0.1) is 0 Å². The van der Waals surface area contributed by atoms with Gasteiger partial charge in [-0.25, -0.2) is 0 Å². The van der Waals surface area contributed by atoms with Gasteiger partial charge in [-0.2, -0.15) is 0 Å². The first-order valence-electron chi connectivity index (χ1n) is 32.5. The number of halogens is 6. The number of benzene rings is 12. The van der Waals surface area contributed by atoms with Crippen molar-refractivity contribution in [1.82, 2.24) is 0 Å². The van der Waals surface area contributed by atoms with Crippen LogP contribution in [0.4, 0.5) is 25.2 Å². The SMILES string of the molecule is F[P-](F)(F)(F)(F)F.[C-]#CC(C)(C)C.[C-]#CC(C)(C)C.[Cu+].[Cu+].[Cu+].c1ccc(P(CP(c2ccccc2)c2ccccc2)c2ccccc2)cc1.c1ccc(P(CP(c2ccccc2)c2ccccc2)c2ccccc2)cc1.c1ccc(P(CP(c2ccccc2)c2ccccc2)c2ccccc2)cc1. The molecule has 542 valence electrons. The molecule has 0 bridgehead atoms. The molecule has 0 atom stereocenters. The Hall–Kier alpha value is -6.09. The van der Waals surface area contributed by atoms with Gasteiger partial charge in [0.1, 0.15) is 0 Å². The van der Waals surface area contributed by atoms with E-state index >= 15 is 0 Å². The van der Waals surface area contributed by atoms with Crippen LogP contribution in [0, 0.1) is 35.5 Å². The Labute approximate surface area is 648 Å². The summed E-state index contributed by atoms with van der Waals surface area (Å²) in [5, 5.41) is 17.5. The maximum absolute atomic E-state index is 10.7. The van der Waals surface area contributed by atoms with Gasteiger partial charge >= 0.3 is 84.2 Å². The van der Waals surface area contributed by atoms with Crippen LogP contribution in [0.3, 0.4) is 0 Å². The van der Waals surface area contributed by atoms with E-state index < -0.39 is 55.3 Å². The van der Waals surface area contributed by atoms with Crippen LogP contribution in [-0.2, 0) is 51.2 Å². The first kappa shape index (κ1) is 89.3. The van der Waals surface area contributed by atoms with Crippen LogP contribution in [0.2, 0.25) is 0 Å². The van der Waals surface area contributed by atoms with Crippen LogP contribution >= 0.6 is 55.3 Å². The molecule has 12 rings (SSSR count). The van der Waals surface area contributed by atoms with Gasteiger partial charge in [0.25, 0.3) is 0 Å². The molecule has 0 aliphatic heterocycles. The molecule has 0 aliphatic carbocycles. The first-order valence-corrected chi connectivity index (χ1v) is 43.7. The normalized spacial score (nSPS) is 11.5. The fourth-order valence-electron chi connectivity index (χ4n) is 9.59. The molecule has 12 aromatic rings. The topological polar surface area (TPSA) is 0 Å². The molecule has 0 N–H and O–H groups in total. The fourth-order valence-corrected chi connectivity index (χ4v) is 29.0. The third kappa shape index (κ3) is 34.8. The smallest absolute Gasteiger partial charge is 0.693 e. The molecule has 0 amide bonds. The number of hydrogen-bond donors (Lipinski definition) is 0. The monoisotopic (exact) mass is 1650 g/mol. The van der Waals surface area contributed by atoms with Gasteiger partial charge in [0.2, 0.25) is 0 Å². The summed E-state index contributed by atoms with van der Waals surface area (Å²) in [7, 11) is -13.1. The minimum Gasteiger partial charge on any atom is -0.693 e. The number of hydrogen-bond acceptors (Lipinski definition) is 0. The minimum atomic E-state index is -10.7. The second kappa shape index (κ2) is 44.1. The summed E-state index contributed by atoms with van der Waals surface area (Å²) in [5.41, 5.74) is -0.0833. The van der Waals surface area contributed by atoms with Crippen LogP contribution in [0.5, 0.6) is 0 Å². The van der Waals surface area contributed by atoms with E-state index in [9.17, 15) is 25.2 Å². The van der Waals surface area contributed by atoms with Crippen LogP contribution in [0.15, 0.2) is 364 Å². The zero-order valence-electron chi connectivity index (χ0n) is 58.1. The quantitative estimate of drug-likeness (QED) is 0.0264. The Morgan fingerprint density at radius 1 is 0.214 bits per heavy atom. The molecule has 16 heteroatoms. The van der Waals surface area contributed by atoms with Gasteiger partial charge < -0.3 is 24.7 Å². The van der Waals surface area contributed by atoms with Crippen molar-refractivity contribution in [2.45, 2.75) is 41.5 Å². The average molecular weight is 1650 g/mol. The summed E-state index contributed by atoms with van der Waals surface area (Å²) in [5.74, 6) is 8.23. The summed E-state index contributed by atoms with van der Waals surface area (Å²) >= 11 is 0. The van der Waals surface area contributed by atoms with Gasteiger partial charge in [-0.3, -0.25) is 0 Å². The van der Waals surface area contributed by atoms with Crippen molar-refractivity contribution in [3.63, 3.8) is 0 Å². The van der Waals surface area contributed by atoms with Crippen LogP contribution in [0.25, 0.3) is 0 Å². The second-order valence-corrected chi connectivity index (χ2v) is 41.4. The zero-order valence-corrected chi connectivity index (χ0v) is 67.2. The molecule has 0 fully saturated rings. The van der Waals surface area contributed by atoms with E-state index in [4.69, 9.17) is 12.8 Å². The van der Waals surface area contributed by atoms with Crippen molar-refractivity contribution in [2.75, 3.05) is 17.7 Å². The summed E-state index contributed by atoms with van der Waals surface area (Å²) in [6, 6.07) is 132. The third-order valence-electron chi connectivity index (χ3n) is 14.4. The predicted molar refractivity (Wildman–Crippen MR) is 436 cm³/mol. The Balaban J connectivity index is 0.000000286. The number of rotatable bonds is 18. The van der Waals surface area contributed by atoms with Crippen molar-refractivity contribution in [2.24, 2.45) is 10.8 Å². The van der Waals surface area contributed by atoms with E-state index in [0.717, 1.165) is 0 Å². The van der Waals surface area contributed by atoms with Gasteiger partial charge in [-0.1, -0.05) is 406 Å². The Morgan fingerprint density at radius 3 is 0.340 bits per heavy atom. The standard InChI is InChI=1S/3C25H22P2.2C6H9.3Cu.F6P/c3*1-5-13-22(14-6-1)26(23-15-7-2-8-16-23)21-27(24-17-9-3-10-18-24)25-19-11-4-12-20-25;2*1-5-6(2,3)4;;;;1-7(2,3,4,5)6/h3*1-20H,21H2;2*2-4H3;;;;/q;;;2*-1;3*+1;-1. The van der Waals surface area contributed by atoms with Crippen molar-refractivity contribution in [1.29, 1.82) is 0 Å². The molecule has 0 aromatic heterocycles. The minimum absolute atomic E-state index is 0. The Morgan fingerprint density at radius 2 is 0.282 bits per heavy atom. The summed E-state index contributed by atoms with van der Waals surface area (Å²) < 4.78 is 59.2. The van der Waals surface area contributed by atoms with Crippen molar-refractivity contribution in [3.05, 3.63) is 377 Å². The first-order chi connectivity index (χ1) is 47.8. The largest absolute Gasteiger partial charge is 1.00 e. The maximum Gasteiger partial charge on any atom is 1.00 e. The van der Waals surface area contributed by atoms with Crippen molar-refractivity contribution >= 4 is 119 Å². The van der Waals surface area contributed by atoms with E-state index in [-0.39, 0.29) is 62.0 Å². The summed E-state index contributed by atoms with van der Waals surface area (Å²) in [6.45, 7) is 11.7. The summed E-state index contributed by atoms with van der Waals surface area (Å²) in [4.78, 5) is 0. The molecule has 0 radical (unpaired) electrons. The zero-order chi connectivity index (χ0) is 71.8. The molecule has 0 nitrogen and oxygen atoms in total. The van der Waals surface area contributed by atoms with Crippen molar-refractivity contribution in [3.8, 4) is 11.8 Å². The second-order valence-electron chi connectivity index (χ2n) is 24.7. The molecule has 12 aromatic carbocycles. The molecular weight excluding hydrogens is 1570 g/mol. The molecule has 103 heavy (non-hydrogen) atoms. The molecule has 0 unspecified atom stereocenters. The van der Waals surface area contributed by atoms with Crippen molar-refractivity contribution < 1.29 is 76.4 Å². The fraction of sp³-hybridized carbons (Fsp3) is 0.126. The Kier molecular flexibility index (Phi) is 38.3.